The molecule has 0 aliphatic carbocycles. The van der Waals surface area contributed by atoms with Gasteiger partial charge in [0.2, 0.25) is 0 Å². The maximum Gasteiger partial charge on any atom is 0.143 e. The van der Waals surface area contributed by atoms with E-state index in [-0.39, 0.29) is 6.67 Å². The summed E-state index contributed by atoms with van der Waals surface area (Å²) in [7, 11) is 1.24. The van der Waals surface area contributed by atoms with Gasteiger partial charge >= 0.3 is 0 Å². The number of nitrogens with zero attached hydrogens (tertiary/aromatic N) is 2. The predicted octanol–water partition coefficient (Wildman–Crippen LogP) is -0.356. The largest absolute Gasteiger partial charge is 0.772 e. The lowest BCUT2D eigenvalue weighted by Crippen LogP contribution is -2.28. The van der Waals surface area contributed by atoms with E-state index in [1.54, 1.807) is 0 Å². The van der Waals surface area contributed by atoms with Crippen molar-refractivity contribution in [3.05, 3.63) is 10.1 Å². The molecule has 0 aliphatic rings. The lowest BCUT2D eigenvalue weighted by atomic mass is 11.2. The summed E-state index contributed by atoms with van der Waals surface area (Å²) in [6.45, 7) is -0.167. The number of hydrogen-bond acceptors (Lipinski definition) is 5. The van der Waals surface area contributed by atoms with E-state index in [9.17, 15) is 10.1 Å². The third-order valence-electron chi connectivity index (χ3n) is 0.358. The van der Waals surface area contributed by atoms with Crippen LogP contribution in [0.2, 0.25) is 0 Å². The summed E-state index contributed by atoms with van der Waals surface area (Å²) in [6.07, 6.45) is 0. The molecule has 0 amide bonds. The summed E-state index contributed by atoms with van der Waals surface area (Å²) in [5.41, 5.74) is 2.09. The third kappa shape index (κ3) is 5.48. The Morgan fingerprint density at radius 1 is 2.00 bits per heavy atom. The van der Waals surface area contributed by atoms with Gasteiger partial charge in [0.1, 0.15) is 6.67 Å². The standard InChI is InChI=1S/C2H6N3O2/c1-5(7)3-2-4-6/h3H,2H2,1H3/q-1. The van der Waals surface area contributed by atoms with Gasteiger partial charge in [-0.2, -0.15) is 0 Å². The van der Waals surface area contributed by atoms with Gasteiger partial charge in [-0.3, -0.25) is 0 Å². The molecular weight excluding hydrogens is 98.0 g/mol. The first kappa shape index (κ1) is 6.48. The topological polar surface area (TPSA) is 67.8 Å². The number of nitrogens with one attached hydrogen (secondary N) is 1. The van der Waals surface area contributed by atoms with Crippen LogP contribution < -0.4 is 5.43 Å². The highest BCUT2D eigenvalue weighted by molar-refractivity contribution is 4.37. The van der Waals surface area contributed by atoms with Crippen molar-refractivity contribution in [1.82, 2.24) is 10.6 Å². The van der Waals surface area contributed by atoms with E-state index in [0.29, 0.717) is 5.17 Å². The molecule has 0 unspecified atom stereocenters. The Morgan fingerprint density at radius 2 is 2.57 bits per heavy atom. The molecule has 0 aliphatic heterocycles. The van der Waals surface area contributed by atoms with Crippen molar-refractivity contribution in [3.63, 3.8) is 0 Å². The molecule has 0 saturated heterocycles. The minimum atomic E-state index is -0.167. The van der Waals surface area contributed by atoms with Crippen LogP contribution >= 0.6 is 0 Å². The highest BCUT2D eigenvalue weighted by Crippen LogP contribution is 1.63. The highest BCUT2D eigenvalue weighted by atomic mass is 16.5. The number of nitroso groups, excluding NO2 is 1. The van der Waals surface area contributed by atoms with Gasteiger partial charge in [0.15, 0.2) is 0 Å². The molecule has 0 saturated carbocycles. The maximum atomic E-state index is 9.81. The molecule has 0 radical (unpaired) electrons. The second-order valence-electron chi connectivity index (χ2n) is 0.943. The van der Waals surface area contributed by atoms with Crippen LogP contribution in [0.5, 0.6) is 0 Å². The number of hydroxylamine groups is 1. The molecular formula is C2H6N3O2-. The number of hydrogen-bond donors (Lipinski definition) is 1. The van der Waals surface area contributed by atoms with Crippen LogP contribution in [0.15, 0.2) is 5.18 Å². The van der Waals surface area contributed by atoms with E-state index in [1.165, 1.54) is 7.05 Å². The molecule has 5 nitrogen and oxygen atoms in total. The van der Waals surface area contributed by atoms with E-state index >= 15 is 0 Å². The first-order valence-corrected chi connectivity index (χ1v) is 1.71. The number of hydrazine groups is 1. The average molecular weight is 104 g/mol. The first-order chi connectivity index (χ1) is 3.27. The summed E-state index contributed by atoms with van der Waals surface area (Å²) in [6, 6.07) is 0. The maximum absolute atomic E-state index is 9.81. The predicted molar refractivity (Wildman–Crippen MR) is 24.9 cm³/mol. The Kier molecular flexibility index (Phi) is 3.39. The van der Waals surface area contributed by atoms with Crippen molar-refractivity contribution in [2.45, 2.75) is 0 Å². The summed E-state index contributed by atoms with van der Waals surface area (Å²) >= 11 is 0. The monoisotopic (exact) mass is 104 g/mol. The van der Waals surface area contributed by atoms with Crippen LogP contribution in [0.3, 0.4) is 0 Å². The molecule has 0 rings (SSSR count). The molecule has 0 aromatic carbocycles. The zero-order chi connectivity index (χ0) is 5.70. The van der Waals surface area contributed by atoms with Crippen LogP contribution in [0, 0.1) is 10.1 Å². The molecule has 0 aromatic rings. The Labute approximate surface area is 40.8 Å². The third-order valence-corrected chi connectivity index (χ3v) is 0.358. The minimum Gasteiger partial charge on any atom is -0.772 e. The summed E-state index contributed by atoms with van der Waals surface area (Å²) < 4.78 is 0. The summed E-state index contributed by atoms with van der Waals surface area (Å²) in [5, 5.41) is 12.6. The van der Waals surface area contributed by atoms with Crippen molar-refractivity contribution >= 4 is 0 Å². The van der Waals surface area contributed by atoms with Crippen molar-refractivity contribution < 1.29 is 0 Å². The normalized spacial score (nSPS) is 9.57. The first-order valence-electron chi connectivity index (χ1n) is 1.71. The molecule has 0 fully saturated rings. The highest BCUT2D eigenvalue weighted by Gasteiger charge is 1.74. The molecule has 0 atom stereocenters. The van der Waals surface area contributed by atoms with Crippen LogP contribution in [0.1, 0.15) is 0 Å². The van der Waals surface area contributed by atoms with Crippen molar-refractivity contribution in [3.8, 4) is 0 Å². The molecule has 1 N–H and O–H groups in total. The molecule has 7 heavy (non-hydrogen) atoms. The fraction of sp³-hybridized carbons (Fsp3) is 1.00. The van der Waals surface area contributed by atoms with Gasteiger partial charge in [-0.1, -0.05) is 5.18 Å². The average Bonchev–Trinajstić information content (AvgIpc) is 1.61. The van der Waals surface area contributed by atoms with Crippen LogP contribution in [-0.4, -0.2) is 18.9 Å². The van der Waals surface area contributed by atoms with Crippen molar-refractivity contribution in [2.75, 3.05) is 13.7 Å². The Hall–Kier alpha value is -0.520. The summed E-state index contributed by atoms with van der Waals surface area (Å²) in [4.78, 5) is 9.23. The van der Waals surface area contributed by atoms with Gasteiger partial charge in [-0.15, -0.1) is 4.91 Å². The molecule has 0 aromatic heterocycles. The molecule has 5 heteroatoms. The Balaban J connectivity index is 2.81. The number of rotatable bonds is 3. The summed E-state index contributed by atoms with van der Waals surface area (Å²) in [5.74, 6) is 0. The fourth-order valence-corrected chi connectivity index (χ4v) is 0.128. The van der Waals surface area contributed by atoms with Gasteiger partial charge in [-0.25, -0.2) is 5.43 Å². The van der Waals surface area contributed by atoms with Gasteiger partial charge in [0, 0.05) is 0 Å². The minimum absolute atomic E-state index is 0.167. The lowest BCUT2D eigenvalue weighted by Gasteiger charge is -2.20. The molecule has 0 spiro atoms. The quantitative estimate of drug-likeness (QED) is 0.392. The lowest BCUT2D eigenvalue weighted by molar-refractivity contribution is 0.335. The van der Waals surface area contributed by atoms with Crippen LogP contribution in [0.4, 0.5) is 0 Å². The van der Waals surface area contributed by atoms with Gasteiger partial charge in [-0.05, 0) is 7.05 Å². The van der Waals surface area contributed by atoms with Gasteiger partial charge in [0.05, 0.1) is 0 Å². The van der Waals surface area contributed by atoms with Crippen molar-refractivity contribution in [2.24, 2.45) is 5.18 Å². The van der Waals surface area contributed by atoms with Crippen LogP contribution in [-0.2, 0) is 0 Å². The van der Waals surface area contributed by atoms with E-state index in [1.807, 2.05) is 0 Å². The second-order valence-corrected chi connectivity index (χ2v) is 0.943. The van der Waals surface area contributed by atoms with Crippen LogP contribution in [0.25, 0.3) is 0 Å². The smallest absolute Gasteiger partial charge is 0.143 e. The van der Waals surface area contributed by atoms with E-state index in [0.717, 1.165) is 0 Å². The Morgan fingerprint density at radius 3 is 2.71 bits per heavy atom. The SMILES string of the molecule is CN([O-])NCN=O. The molecule has 42 valence electrons. The van der Waals surface area contributed by atoms with E-state index in [2.05, 4.69) is 10.6 Å². The van der Waals surface area contributed by atoms with E-state index in [4.69, 9.17) is 0 Å². The molecule has 0 bridgehead atoms. The zero-order valence-electron chi connectivity index (χ0n) is 3.92. The van der Waals surface area contributed by atoms with E-state index < -0.39 is 0 Å². The zero-order valence-corrected chi connectivity index (χ0v) is 3.92. The fourth-order valence-electron chi connectivity index (χ4n) is 0.128. The second kappa shape index (κ2) is 3.66. The Bertz CT molecular complexity index is 54.9. The van der Waals surface area contributed by atoms with Crippen molar-refractivity contribution in [1.29, 1.82) is 0 Å². The van der Waals surface area contributed by atoms with Gasteiger partial charge < -0.3 is 10.4 Å². The van der Waals surface area contributed by atoms with Gasteiger partial charge in [0.25, 0.3) is 0 Å². The molecule has 0 heterocycles.